The van der Waals surface area contributed by atoms with Crippen LogP contribution in [0.1, 0.15) is 22.8 Å². The molecule has 2 N–H and O–H groups in total. The summed E-state index contributed by atoms with van der Waals surface area (Å²) < 4.78 is 31.8. The van der Waals surface area contributed by atoms with E-state index in [1.54, 1.807) is 50.2 Å². The zero-order valence-electron chi connectivity index (χ0n) is 14.5. The Balaban J connectivity index is 2.06. The van der Waals surface area contributed by atoms with Crippen molar-refractivity contribution in [3.8, 4) is 0 Å². The lowest BCUT2D eigenvalue weighted by atomic mass is 10.2. The third kappa shape index (κ3) is 4.90. The fourth-order valence-corrected chi connectivity index (χ4v) is 3.50. The maximum Gasteiger partial charge on any atom is 0.340 e. The van der Waals surface area contributed by atoms with Gasteiger partial charge in [-0.1, -0.05) is 30.3 Å². The average molecular weight is 376 g/mol. The third-order valence-corrected chi connectivity index (χ3v) is 5.06. The van der Waals surface area contributed by atoms with E-state index in [1.807, 2.05) is 0 Å². The van der Waals surface area contributed by atoms with Crippen LogP contribution in [0.15, 0.2) is 53.4 Å². The number of amides is 1. The summed E-state index contributed by atoms with van der Waals surface area (Å²) in [4.78, 5) is 24.1. The highest BCUT2D eigenvalue weighted by molar-refractivity contribution is 7.89. The summed E-state index contributed by atoms with van der Waals surface area (Å²) in [5.74, 6) is -1.16. The third-order valence-electron chi connectivity index (χ3n) is 3.50. The van der Waals surface area contributed by atoms with Crippen molar-refractivity contribution in [3.05, 3.63) is 59.7 Å². The minimum atomic E-state index is -3.82. The smallest absolute Gasteiger partial charge is 0.340 e. The van der Waals surface area contributed by atoms with Crippen LogP contribution in [0, 0.1) is 6.92 Å². The molecular weight excluding hydrogens is 356 g/mol. The quantitative estimate of drug-likeness (QED) is 0.721. The molecule has 0 radical (unpaired) electrons. The van der Waals surface area contributed by atoms with Crippen LogP contribution in [0.3, 0.4) is 0 Å². The van der Waals surface area contributed by atoms with Crippen LogP contribution in [0.4, 0.5) is 5.69 Å². The molecule has 26 heavy (non-hydrogen) atoms. The maximum absolute atomic E-state index is 12.3. The first-order chi connectivity index (χ1) is 12.3. The van der Waals surface area contributed by atoms with Gasteiger partial charge in [-0.2, -0.15) is 0 Å². The predicted octanol–water partition coefficient (Wildman–Crippen LogP) is 2.09. The Labute approximate surface area is 152 Å². The lowest BCUT2D eigenvalue weighted by Crippen LogP contribution is -2.33. The van der Waals surface area contributed by atoms with Crippen LogP contribution in [-0.4, -0.2) is 33.4 Å². The van der Waals surface area contributed by atoms with Crippen molar-refractivity contribution in [1.82, 2.24) is 4.72 Å². The topological polar surface area (TPSA) is 102 Å². The van der Waals surface area contributed by atoms with Gasteiger partial charge in [0.25, 0.3) is 0 Å². The molecule has 0 bridgehead atoms. The number of carbonyl (C=O) groups excluding carboxylic acids is 2. The molecule has 138 valence electrons. The van der Waals surface area contributed by atoms with Crippen molar-refractivity contribution in [2.75, 3.05) is 18.5 Å². The lowest BCUT2D eigenvalue weighted by molar-refractivity contribution is -0.115. The van der Waals surface area contributed by atoms with Crippen LogP contribution in [0.25, 0.3) is 0 Å². The van der Waals surface area contributed by atoms with E-state index in [2.05, 4.69) is 10.0 Å². The molecular formula is C18H20N2O5S. The Morgan fingerprint density at radius 1 is 1.04 bits per heavy atom. The maximum atomic E-state index is 12.3. The molecule has 8 heteroatoms. The Morgan fingerprint density at radius 3 is 2.38 bits per heavy atom. The molecule has 0 aliphatic rings. The molecule has 1 amide bonds. The first kappa shape index (κ1) is 19.6. The fourth-order valence-electron chi connectivity index (χ4n) is 2.27. The minimum Gasteiger partial charge on any atom is -0.462 e. The number of benzene rings is 2. The van der Waals surface area contributed by atoms with Crippen LogP contribution in [-0.2, 0) is 19.6 Å². The number of aryl methyl sites for hydroxylation is 1. The summed E-state index contributed by atoms with van der Waals surface area (Å²) in [6.07, 6.45) is 0. The highest BCUT2D eigenvalue weighted by Crippen LogP contribution is 2.16. The standard InChI is InChI=1S/C18H20N2O5S/c1-3-25-18(22)14-9-5-6-10-15(14)20-17(21)12-19-26(23,24)16-11-7-4-8-13(16)2/h4-11,19H,3,12H2,1-2H3,(H,20,21). The van der Waals surface area contributed by atoms with Gasteiger partial charge in [0.15, 0.2) is 0 Å². The Kier molecular flexibility index (Phi) is 6.48. The van der Waals surface area contributed by atoms with Gasteiger partial charge in [-0.3, -0.25) is 4.79 Å². The number of ether oxygens (including phenoxy) is 1. The van der Waals surface area contributed by atoms with Gasteiger partial charge in [0.05, 0.1) is 29.3 Å². The van der Waals surface area contributed by atoms with E-state index in [0.29, 0.717) is 5.56 Å². The van der Waals surface area contributed by atoms with Gasteiger partial charge in [-0.25, -0.2) is 17.9 Å². The van der Waals surface area contributed by atoms with E-state index in [4.69, 9.17) is 4.74 Å². The molecule has 0 aliphatic carbocycles. The second kappa shape index (κ2) is 8.59. The van der Waals surface area contributed by atoms with Crippen molar-refractivity contribution in [1.29, 1.82) is 0 Å². The molecule has 0 spiro atoms. The van der Waals surface area contributed by atoms with E-state index in [0.717, 1.165) is 0 Å². The van der Waals surface area contributed by atoms with Crippen molar-refractivity contribution in [2.45, 2.75) is 18.7 Å². The van der Waals surface area contributed by atoms with Gasteiger partial charge < -0.3 is 10.1 Å². The summed E-state index contributed by atoms with van der Waals surface area (Å²) in [7, 11) is -3.82. The number of carbonyl (C=O) groups is 2. The molecule has 0 saturated heterocycles. The number of hydrogen-bond acceptors (Lipinski definition) is 5. The summed E-state index contributed by atoms with van der Waals surface area (Å²) >= 11 is 0. The fraction of sp³-hybridized carbons (Fsp3) is 0.222. The molecule has 0 heterocycles. The SMILES string of the molecule is CCOC(=O)c1ccccc1NC(=O)CNS(=O)(=O)c1ccccc1C. The molecule has 0 fully saturated rings. The summed E-state index contributed by atoms with van der Waals surface area (Å²) in [6, 6.07) is 12.8. The van der Waals surface area contributed by atoms with Crippen LogP contribution >= 0.6 is 0 Å². The molecule has 0 aromatic heterocycles. The van der Waals surface area contributed by atoms with Crippen molar-refractivity contribution >= 4 is 27.6 Å². The lowest BCUT2D eigenvalue weighted by Gasteiger charge is -2.12. The number of rotatable bonds is 7. The number of esters is 1. The highest BCUT2D eigenvalue weighted by Gasteiger charge is 2.18. The number of sulfonamides is 1. The van der Waals surface area contributed by atoms with E-state index in [1.165, 1.54) is 12.1 Å². The molecule has 0 atom stereocenters. The molecule has 2 rings (SSSR count). The normalized spacial score (nSPS) is 11.0. The Bertz CT molecular complexity index is 909. The van der Waals surface area contributed by atoms with Crippen LogP contribution in [0.5, 0.6) is 0 Å². The minimum absolute atomic E-state index is 0.111. The largest absolute Gasteiger partial charge is 0.462 e. The van der Waals surface area contributed by atoms with E-state index < -0.39 is 28.4 Å². The van der Waals surface area contributed by atoms with E-state index >= 15 is 0 Å². The number of nitrogens with one attached hydrogen (secondary N) is 2. The first-order valence-electron chi connectivity index (χ1n) is 7.96. The zero-order chi connectivity index (χ0) is 19.2. The molecule has 2 aromatic carbocycles. The summed E-state index contributed by atoms with van der Waals surface area (Å²) in [6.45, 7) is 3.09. The van der Waals surface area contributed by atoms with Gasteiger partial charge in [0.1, 0.15) is 0 Å². The van der Waals surface area contributed by atoms with Crippen molar-refractivity contribution in [3.63, 3.8) is 0 Å². The van der Waals surface area contributed by atoms with E-state index in [9.17, 15) is 18.0 Å². The first-order valence-corrected chi connectivity index (χ1v) is 9.44. The van der Waals surface area contributed by atoms with Gasteiger partial charge in [-0.15, -0.1) is 0 Å². The van der Waals surface area contributed by atoms with Crippen LogP contribution in [0.2, 0.25) is 0 Å². The van der Waals surface area contributed by atoms with Gasteiger partial charge in [0, 0.05) is 0 Å². The predicted molar refractivity (Wildman–Crippen MR) is 97.4 cm³/mol. The second-order valence-electron chi connectivity index (χ2n) is 5.40. The summed E-state index contributed by atoms with van der Waals surface area (Å²) in [5.41, 5.74) is 1.03. The Morgan fingerprint density at radius 2 is 1.69 bits per heavy atom. The number of hydrogen-bond donors (Lipinski definition) is 2. The van der Waals surface area contributed by atoms with E-state index in [-0.39, 0.29) is 22.8 Å². The highest BCUT2D eigenvalue weighted by atomic mass is 32.2. The van der Waals surface area contributed by atoms with Crippen LogP contribution < -0.4 is 10.0 Å². The average Bonchev–Trinajstić information content (AvgIpc) is 2.61. The Hall–Kier alpha value is -2.71. The summed E-state index contributed by atoms with van der Waals surface area (Å²) in [5, 5.41) is 2.52. The van der Waals surface area contributed by atoms with Gasteiger partial charge >= 0.3 is 5.97 Å². The molecule has 0 saturated carbocycles. The number of para-hydroxylation sites is 1. The number of anilines is 1. The molecule has 2 aromatic rings. The monoisotopic (exact) mass is 376 g/mol. The second-order valence-corrected chi connectivity index (χ2v) is 7.14. The van der Waals surface area contributed by atoms with Crippen molar-refractivity contribution < 1.29 is 22.7 Å². The van der Waals surface area contributed by atoms with Crippen molar-refractivity contribution in [2.24, 2.45) is 0 Å². The molecule has 0 aliphatic heterocycles. The van der Waals surface area contributed by atoms with Gasteiger partial charge in [-0.05, 0) is 37.6 Å². The molecule has 7 nitrogen and oxygen atoms in total. The molecule has 0 unspecified atom stereocenters. The van der Waals surface area contributed by atoms with Gasteiger partial charge in [0.2, 0.25) is 15.9 Å². The zero-order valence-corrected chi connectivity index (χ0v) is 15.3.